The maximum Gasteiger partial charge on any atom is 0.254 e. The highest BCUT2D eigenvalue weighted by atomic mass is 16.2. The van der Waals surface area contributed by atoms with E-state index < -0.39 is 0 Å². The molecule has 3 aliphatic heterocycles. The molecular weight excluding hydrogens is 340 g/mol. The standard InChI is InChI=1S/C20H26N6O/c27-20(15-5-7-16(8-6-15)24-10-1-2-11-24)25-12-13-26-18(14-25)22-23-19(26)17-4-3-9-21-17/h5-8,17,21H,1-4,9-14H2/t17-/m0/s1. The molecule has 1 aromatic carbocycles. The summed E-state index contributed by atoms with van der Waals surface area (Å²) >= 11 is 0. The lowest BCUT2D eigenvalue weighted by Crippen LogP contribution is -2.39. The molecule has 7 nitrogen and oxygen atoms in total. The van der Waals surface area contributed by atoms with Gasteiger partial charge in [-0.3, -0.25) is 4.79 Å². The van der Waals surface area contributed by atoms with Crippen molar-refractivity contribution in [1.29, 1.82) is 0 Å². The third kappa shape index (κ3) is 3.10. The predicted octanol–water partition coefficient (Wildman–Crippen LogP) is 1.96. The molecule has 4 heterocycles. The van der Waals surface area contributed by atoms with Crippen LogP contribution >= 0.6 is 0 Å². The molecule has 0 spiro atoms. The Balaban J connectivity index is 1.29. The van der Waals surface area contributed by atoms with Crippen LogP contribution in [0.3, 0.4) is 0 Å². The van der Waals surface area contributed by atoms with Gasteiger partial charge in [0.2, 0.25) is 0 Å². The van der Waals surface area contributed by atoms with Crippen LogP contribution in [0.25, 0.3) is 0 Å². The molecule has 0 radical (unpaired) electrons. The molecule has 0 unspecified atom stereocenters. The number of hydrogen-bond acceptors (Lipinski definition) is 5. The fourth-order valence-corrected chi connectivity index (χ4v) is 4.49. The average Bonchev–Trinajstić information content (AvgIpc) is 3.48. The van der Waals surface area contributed by atoms with Crippen LogP contribution in [0.1, 0.15) is 53.7 Å². The summed E-state index contributed by atoms with van der Waals surface area (Å²) in [7, 11) is 0. The van der Waals surface area contributed by atoms with Crippen LogP contribution in [0.4, 0.5) is 5.69 Å². The summed E-state index contributed by atoms with van der Waals surface area (Å²) < 4.78 is 2.20. The molecule has 1 amide bonds. The van der Waals surface area contributed by atoms with Crippen molar-refractivity contribution in [1.82, 2.24) is 25.0 Å². The van der Waals surface area contributed by atoms with Crippen molar-refractivity contribution in [3.63, 3.8) is 0 Å². The van der Waals surface area contributed by atoms with Crippen LogP contribution in [0.15, 0.2) is 24.3 Å². The van der Waals surface area contributed by atoms with E-state index in [9.17, 15) is 4.79 Å². The van der Waals surface area contributed by atoms with E-state index >= 15 is 0 Å². The molecule has 5 rings (SSSR count). The van der Waals surface area contributed by atoms with Gasteiger partial charge >= 0.3 is 0 Å². The molecule has 27 heavy (non-hydrogen) atoms. The maximum absolute atomic E-state index is 12.9. The lowest BCUT2D eigenvalue weighted by Gasteiger charge is -2.28. The summed E-state index contributed by atoms with van der Waals surface area (Å²) in [5.41, 5.74) is 1.97. The first kappa shape index (κ1) is 16.7. The van der Waals surface area contributed by atoms with E-state index in [0.717, 1.165) is 49.8 Å². The molecule has 2 aromatic rings. The number of benzene rings is 1. The summed E-state index contributed by atoms with van der Waals surface area (Å²) in [5, 5.41) is 12.3. The minimum absolute atomic E-state index is 0.0813. The first-order valence-corrected chi connectivity index (χ1v) is 10.1. The number of nitrogens with zero attached hydrogens (tertiary/aromatic N) is 5. The van der Waals surface area contributed by atoms with E-state index in [-0.39, 0.29) is 5.91 Å². The molecule has 1 N–H and O–H groups in total. The van der Waals surface area contributed by atoms with Crippen molar-refractivity contribution in [2.45, 2.75) is 44.8 Å². The largest absolute Gasteiger partial charge is 0.372 e. The Hall–Kier alpha value is -2.41. The summed E-state index contributed by atoms with van der Waals surface area (Å²) in [6.07, 6.45) is 4.82. The van der Waals surface area contributed by atoms with Gasteiger partial charge < -0.3 is 19.7 Å². The van der Waals surface area contributed by atoms with E-state index in [0.29, 0.717) is 19.1 Å². The molecule has 7 heteroatoms. The second-order valence-electron chi connectivity index (χ2n) is 7.74. The lowest BCUT2D eigenvalue weighted by molar-refractivity contribution is 0.0706. The minimum atomic E-state index is 0.0813. The number of carbonyl (C=O) groups excluding carboxylic acids is 1. The van der Waals surface area contributed by atoms with Gasteiger partial charge in [0.05, 0.1) is 12.6 Å². The van der Waals surface area contributed by atoms with Gasteiger partial charge in [-0.15, -0.1) is 10.2 Å². The number of anilines is 1. The highest BCUT2D eigenvalue weighted by Crippen LogP contribution is 2.25. The zero-order valence-corrected chi connectivity index (χ0v) is 15.6. The predicted molar refractivity (Wildman–Crippen MR) is 103 cm³/mol. The van der Waals surface area contributed by atoms with E-state index in [1.165, 1.54) is 24.9 Å². The van der Waals surface area contributed by atoms with Crippen molar-refractivity contribution in [2.24, 2.45) is 0 Å². The second-order valence-corrected chi connectivity index (χ2v) is 7.74. The van der Waals surface area contributed by atoms with Crippen molar-refractivity contribution in [3.05, 3.63) is 41.5 Å². The summed E-state index contributed by atoms with van der Waals surface area (Å²) in [5.74, 6) is 2.01. The molecule has 2 fully saturated rings. The number of carbonyl (C=O) groups is 1. The Labute approximate surface area is 159 Å². The fraction of sp³-hybridized carbons (Fsp3) is 0.550. The number of nitrogens with one attached hydrogen (secondary N) is 1. The van der Waals surface area contributed by atoms with Gasteiger partial charge in [0.1, 0.15) is 5.82 Å². The molecule has 1 aromatic heterocycles. The average molecular weight is 366 g/mol. The zero-order valence-electron chi connectivity index (χ0n) is 15.6. The van der Waals surface area contributed by atoms with Crippen LogP contribution in [0, 0.1) is 0 Å². The molecular formula is C20H26N6O. The monoisotopic (exact) mass is 366 g/mol. The first-order chi connectivity index (χ1) is 13.3. The van der Waals surface area contributed by atoms with Crippen molar-refractivity contribution >= 4 is 11.6 Å². The van der Waals surface area contributed by atoms with E-state index in [1.54, 1.807) is 0 Å². The molecule has 0 aliphatic carbocycles. The van der Waals surface area contributed by atoms with Crippen LogP contribution < -0.4 is 10.2 Å². The van der Waals surface area contributed by atoms with Crippen LogP contribution in [-0.2, 0) is 13.1 Å². The van der Waals surface area contributed by atoms with Crippen molar-refractivity contribution in [3.8, 4) is 0 Å². The Morgan fingerprint density at radius 2 is 1.81 bits per heavy atom. The number of fused-ring (bicyclic) bond motifs is 1. The van der Waals surface area contributed by atoms with Gasteiger partial charge in [0.25, 0.3) is 5.91 Å². The molecule has 0 saturated carbocycles. The summed E-state index contributed by atoms with van der Waals surface area (Å²) in [4.78, 5) is 17.2. The van der Waals surface area contributed by atoms with Gasteiger partial charge in [0.15, 0.2) is 5.82 Å². The van der Waals surface area contributed by atoms with E-state index in [2.05, 4.69) is 37.1 Å². The lowest BCUT2D eigenvalue weighted by atomic mass is 10.1. The highest BCUT2D eigenvalue weighted by Gasteiger charge is 2.29. The topological polar surface area (TPSA) is 66.3 Å². The van der Waals surface area contributed by atoms with Gasteiger partial charge in [0, 0.05) is 37.4 Å². The molecule has 2 saturated heterocycles. The van der Waals surface area contributed by atoms with Crippen molar-refractivity contribution < 1.29 is 4.79 Å². The van der Waals surface area contributed by atoms with Crippen LogP contribution in [-0.4, -0.2) is 51.8 Å². The summed E-state index contributed by atoms with van der Waals surface area (Å²) in [6, 6.07) is 8.39. The smallest absolute Gasteiger partial charge is 0.254 e. The number of aromatic nitrogens is 3. The first-order valence-electron chi connectivity index (χ1n) is 10.1. The quantitative estimate of drug-likeness (QED) is 0.900. The van der Waals surface area contributed by atoms with Crippen LogP contribution in [0.5, 0.6) is 0 Å². The minimum Gasteiger partial charge on any atom is -0.372 e. The Kier molecular flexibility index (Phi) is 4.32. The molecule has 142 valence electrons. The van der Waals surface area contributed by atoms with E-state index in [4.69, 9.17) is 0 Å². The van der Waals surface area contributed by atoms with Crippen LogP contribution in [0.2, 0.25) is 0 Å². The van der Waals surface area contributed by atoms with Gasteiger partial charge in [-0.2, -0.15) is 0 Å². The van der Waals surface area contributed by atoms with Gasteiger partial charge in [-0.1, -0.05) is 0 Å². The highest BCUT2D eigenvalue weighted by molar-refractivity contribution is 5.94. The molecule has 1 atom stereocenters. The summed E-state index contributed by atoms with van der Waals surface area (Å²) in [6.45, 7) is 5.29. The maximum atomic E-state index is 12.9. The van der Waals surface area contributed by atoms with Crippen molar-refractivity contribution in [2.75, 3.05) is 31.1 Å². The Morgan fingerprint density at radius 1 is 1.00 bits per heavy atom. The zero-order chi connectivity index (χ0) is 18.2. The number of hydrogen-bond donors (Lipinski definition) is 1. The molecule has 0 bridgehead atoms. The molecule has 3 aliphatic rings. The Bertz CT molecular complexity index is 817. The van der Waals surface area contributed by atoms with E-state index in [1.807, 2.05) is 17.0 Å². The number of amides is 1. The normalized spacial score (nSPS) is 22.3. The SMILES string of the molecule is O=C(c1ccc(N2CCCC2)cc1)N1CCn2c(nnc2[C@@H]2CCCN2)C1. The second kappa shape index (κ2) is 6.96. The van der Waals surface area contributed by atoms with Gasteiger partial charge in [-0.05, 0) is 56.5 Å². The third-order valence-corrected chi connectivity index (χ3v) is 6.03. The fourth-order valence-electron chi connectivity index (χ4n) is 4.49. The third-order valence-electron chi connectivity index (χ3n) is 6.03. The Morgan fingerprint density at radius 3 is 2.56 bits per heavy atom. The number of rotatable bonds is 3. The van der Waals surface area contributed by atoms with Gasteiger partial charge in [-0.25, -0.2) is 0 Å².